The van der Waals surface area contributed by atoms with Gasteiger partial charge >= 0.3 is 175 Å². The third-order valence-electron chi connectivity index (χ3n) is 0. The molecule has 0 spiro atoms. The van der Waals surface area contributed by atoms with Crippen LogP contribution in [0, 0.1) is 40.8 Å². The van der Waals surface area contributed by atoms with Crippen LogP contribution in [0.25, 0.3) is 0 Å². The minimum absolute atomic E-state index is 0. The van der Waals surface area contributed by atoms with Crippen LogP contribution < -0.4 is 33.3 Å². The first-order chi connectivity index (χ1) is 6.93. The average Bonchev–Trinajstić information content (AvgIpc) is 1.76. The van der Waals surface area contributed by atoms with Crippen LogP contribution in [-0.4, -0.2) is 0 Å². The summed E-state index contributed by atoms with van der Waals surface area (Å²) in [6.45, 7) is 0. The quantitative estimate of drug-likeness (QED) is 0.213. The summed E-state index contributed by atoms with van der Waals surface area (Å²) in [5.41, 5.74) is 0. The zero-order chi connectivity index (χ0) is 14.3. The summed E-state index contributed by atoms with van der Waals surface area (Å²) in [4.78, 5) is 0. The third kappa shape index (κ3) is 636. The first-order valence-corrected chi connectivity index (χ1v) is 13.0. The van der Waals surface area contributed by atoms with Gasteiger partial charge < -0.3 is 0 Å². The van der Waals surface area contributed by atoms with Crippen molar-refractivity contribution in [1.29, 1.82) is 0 Å². The zero-order valence-corrected chi connectivity index (χ0v) is 20.2. The Kier molecular flexibility index (Phi) is 66.9. The van der Waals surface area contributed by atoms with Crippen LogP contribution in [0.4, 0.5) is 0 Å². The number of hydrogen-bond acceptors (Lipinski definition) is 12. The minimum atomic E-state index is -4.20. The van der Waals surface area contributed by atoms with Crippen LogP contribution in [0.1, 0.15) is 0 Å². The van der Waals surface area contributed by atoms with Gasteiger partial charge in [0.2, 0.25) is 0 Å². The van der Waals surface area contributed by atoms with E-state index in [1.807, 2.05) is 0 Å². The zero-order valence-electron chi connectivity index (χ0n) is 8.19. The van der Waals surface area contributed by atoms with Crippen molar-refractivity contribution >= 4 is 0 Å². The fraction of sp³-hybridized carbons (Fsp3) is 0. The molecule has 0 unspecified atom stereocenters. The molecule has 0 aromatic rings. The Bertz CT molecular complexity index is 298. The molecule has 0 amide bonds. The van der Waals surface area contributed by atoms with Crippen LogP contribution in [0.2, 0.25) is 0 Å². The summed E-state index contributed by atoms with van der Waals surface area (Å²) in [5, 5.41) is 0. The van der Waals surface area contributed by atoms with Crippen molar-refractivity contribution in [2.45, 2.75) is 0 Å². The molecule has 0 saturated carbocycles. The summed E-state index contributed by atoms with van der Waals surface area (Å²) in [7, 11) is 0. The molecule has 18 heavy (non-hydrogen) atoms. The van der Waals surface area contributed by atoms with E-state index in [2.05, 4.69) is 0 Å². The molecule has 0 aliphatic heterocycles. The van der Waals surface area contributed by atoms with Crippen molar-refractivity contribution in [1.82, 2.24) is 0 Å². The van der Waals surface area contributed by atoms with Crippen LogP contribution >= 0.6 is 0 Å². The third-order valence-corrected chi connectivity index (χ3v) is 0. The summed E-state index contributed by atoms with van der Waals surface area (Å²) in [6, 6.07) is 0. The first kappa shape index (κ1) is 37.4. The summed E-state index contributed by atoms with van der Waals surface area (Å²) >= 11 is -16.8. The van der Waals surface area contributed by atoms with Crippen molar-refractivity contribution in [3.63, 3.8) is 0 Å². The maximum absolute atomic E-state index is 8.60. The molecule has 0 aliphatic rings. The van der Waals surface area contributed by atoms with E-state index in [1.54, 1.807) is 0 Å². The molecular formula is LiNb4NdO12. The van der Waals surface area contributed by atoms with Gasteiger partial charge in [0.25, 0.3) is 0 Å². The summed E-state index contributed by atoms with van der Waals surface area (Å²) < 4.78 is 103. The topological polar surface area (TPSA) is 229 Å². The molecule has 0 atom stereocenters. The van der Waals surface area contributed by atoms with Crippen LogP contribution in [0.5, 0.6) is 0 Å². The second-order valence-electron chi connectivity index (χ2n) is 0.894. The first-order valence-electron chi connectivity index (χ1n) is 2.19. The molecule has 1 radical (unpaired) electrons. The van der Waals surface area contributed by atoms with E-state index in [9.17, 15) is 0 Å². The molecule has 0 aromatic heterocycles. The molecule has 0 N–H and O–H groups in total. The van der Waals surface area contributed by atoms with E-state index in [1.165, 1.54) is 0 Å². The predicted molar refractivity (Wildman–Crippen MR) is 5.49 cm³/mol. The molecular weight excluding hydrogens is 715 g/mol. The van der Waals surface area contributed by atoms with Gasteiger partial charge in [-0.15, -0.1) is 0 Å². The second kappa shape index (κ2) is 32.2. The van der Waals surface area contributed by atoms with Crippen molar-refractivity contribution in [2.24, 2.45) is 0 Å². The molecule has 0 bridgehead atoms. The molecule has 12 nitrogen and oxygen atoms in total. The van der Waals surface area contributed by atoms with Gasteiger partial charge in [-0.3, -0.25) is 0 Å². The van der Waals surface area contributed by atoms with E-state index in [0.717, 1.165) is 0 Å². The normalized spacial score (nSPS) is 5.56. The van der Waals surface area contributed by atoms with Crippen molar-refractivity contribution < 1.29 is 175 Å². The van der Waals surface area contributed by atoms with Gasteiger partial charge in [-0.05, 0) is 0 Å². The van der Waals surface area contributed by atoms with Gasteiger partial charge in [-0.2, -0.15) is 0 Å². The Morgan fingerprint density at radius 2 is 0.444 bits per heavy atom. The van der Waals surface area contributed by atoms with Crippen LogP contribution in [0.15, 0.2) is 0 Å². The Morgan fingerprint density at radius 3 is 0.444 bits per heavy atom. The standard InChI is InChI=1S/Li.4Nb.Nd.12O/q+1;;;;;+3;;;;;;;;;4*-1. The van der Waals surface area contributed by atoms with E-state index in [0.29, 0.717) is 0 Å². The van der Waals surface area contributed by atoms with Gasteiger partial charge in [0.1, 0.15) is 0 Å². The molecule has 0 heterocycles. The number of rotatable bonds is 0. The molecule has 18 heteroatoms. The number of hydrogen-bond donors (Lipinski definition) is 0. The van der Waals surface area contributed by atoms with Gasteiger partial charge in [0, 0.05) is 0 Å². The fourth-order valence-electron chi connectivity index (χ4n) is 0. The van der Waals surface area contributed by atoms with Gasteiger partial charge in [-0.1, -0.05) is 0 Å². The van der Waals surface area contributed by atoms with Gasteiger partial charge in [0.15, 0.2) is 0 Å². The van der Waals surface area contributed by atoms with Crippen molar-refractivity contribution in [3.05, 3.63) is 0 Å². The molecule has 97 valence electrons. The second-order valence-corrected chi connectivity index (χ2v) is 5.29. The molecule has 0 aromatic carbocycles. The summed E-state index contributed by atoms with van der Waals surface area (Å²) in [6.07, 6.45) is 0. The Morgan fingerprint density at radius 1 is 0.444 bits per heavy atom. The predicted octanol–water partition coefficient (Wildman–Crippen LogP) is -8.71. The van der Waals surface area contributed by atoms with E-state index in [-0.39, 0.29) is 59.7 Å². The van der Waals surface area contributed by atoms with E-state index in [4.69, 9.17) is 40.5 Å². The Labute approximate surface area is 171 Å². The fourth-order valence-corrected chi connectivity index (χ4v) is 0. The maximum atomic E-state index is 8.60. The van der Waals surface area contributed by atoms with Crippen LogP contribution in [-0.2, 0) is 101 Å². The van der Waals surface area contributed by atoms with E-state index < -0.39 is 75.1 Å². The monoisotopic (exact) mass is 712 g/mol. The average molecular weight is 715 g/mol. The van der Waals surface area contributed by atoms with Crippen molar-refractivity contribution in [2.75, 3.05) is 0 Å². The molecule has 0 rings (SSSR count). The van der Waals surface area contributed by atoms with Gasteiger partial charge in [0.05, 0.1) is 0 Å². The molecule has 0 aliphatic carbocycles. The molecule has 0 saturated heterocycles. The Balaban J connectivity index is -0.0000000257. The van der Waals surface area contributed by atoms with Crippen molar-refractivity contribution in [3.8, 4) is 0 Å². The molecule has 0 fully saturated rings. The van der Waals surface area contributed by atoms with E-state index >= 15 is 0 Å². The SMILES string of the molecule is [Li+].[Nd+3].[O]=[Nb](=[O])[O-].[O]=[Nb](=[O])[O-].[O]=[Nb](=[O])[O-].[O]=[Nb](=[O])[O-]. The van der Waals surface area contributed by atoms with Gasteiger partial charge in [-0.25, -0.2) is 0 Å². The summed E-state index contributed by atoms with van der Waals surface area (Å²) in [5.74, 6) is 0. The Hall–Kier alpha value is 3.15. The van der Waals surface area contributed by atoms with Crippen LogP contribution in [0.3, 0.4) is 0 Å².